The van der Waals surface area contributed by atoms with Crippen molar-refractivity contribution < 1.29 is 13.0 Å². The average molecular weight is 428 g/mol. The van der Waals surface area contributed by atoms with Crippen LogP contribution in [0.15, 0.2) is 82.8 Å². The van der Waals surface area contributed by atoms with Gasteiger partial charge in [0.15, 0.2) is 0 Å². The van der Waals surface area contributed by atoms with Crippen LogP contribution in [0, 0.1) is 22.7 Å². The molecule has 0 aliphatic carbocycles. The average Bonchev–Trinajstić information content (AvgIpc) is 2.79. The Morgan fingerprint density at radius 1 is 0.903 bits per heavy atom. The molecule has 0 heterocycles. The van der Waals surface area contributed by atoms with Crippen LogP contribution in [0.4, 0.5) is 5.69 Å². The van der Waals surface area contributed by atoms with Crippen LogP contribution >= 0.6 is 0 Å². The number of hydrogen-bond donors (Lipinski definition) is 2. The van der Waals surface area contributed by atoms with Crippen molar-refractivity contribution in [1.29, 1.82) is 10.5 Å². The summed E-state index contributed by atoms with van der Waals surface area (Å²) < 4.78 is 33.2. The van der Waals surface area contributed by atoms with Crippen molar-refractivity contribution in [2.24, 2.45) is 5.10 Å². The van der Waals surface area contributed by atoms with Gasteiger partial charge in [0.25, 0.3) is 10.1 Å². The second kappa shape index (κ2) is 9.51. The van der Waals surface area contributed by atoms with Crippen molar-refractivity contribution in [3.63, 3.8) is 0 Å². The summed E-state index contributed by atoms with van der Waals surface area (Å²) >= 11 is 0. The van der Waals surface area contributed by atoms with Crippen LogP contribution in [0.25, 0.3) is 23.3 Å². The Kier molecular flexibility index (Phi) is 6.58. The van der Waals surface area contributed by atoms with Gasteiger partial charge in [0.2, 0.25) is 5.71 Å². The van der Waals surface area contributed by atoms with E-state index in [1.165, 1.54) is 18.2 Å². The largest absolute Gasteiger partial charge is 0.295 e. The monoisotopic (exact) mass is 428 g/mol. The van der Waals surface area contributed by atoms with Crippen LogP contribution in [0.5, 0.6) is 0 Å². The lowest BCUT2D eigenvalue weighted by Gasteiger charge is -2.07. The van der Waals surface area contributed by atoms with Crippen LogP contribution in [-0.4, -0.2) is 18.7 Å². The molecule has 0 radical (unpaired) electrons. The summed E-state index contributed by atoms with van der Waals surface area (Å²) in [6.45, 7) is 0. The number of benzene rings is 3. The Bertz CT molecular complexity index is 1320. The SMILES string of the molecule is N#CC(C#N)=NNc1ccc(C=Cc2ccc(-c3ccccc3)cc2)c(S(=O)(=O)O)c1. The maximum Gasteiger partial charge on any atom is 0.295 e. The zero-order valence-corrected chi connectivity index (χ0v) is 16.9. The normalized spacial score (nSPS) is 10.8. The molecule has 0 atom stereocenters. The van der Waals surface area contributed by atoms with E-state index in [0.717, 1.165) is 16.7 Å². The van der Waals surface area contributed by atoms with Gasteiger partial charge in [-0.25, -0.2) is 0 Å². The number of rotatable bonds is 6. The van der Waals surface area contributed by atoms with E-state index in [1.54, 1.807) is 24.3 Å². The molecule has 0 spiro atoms. The number of anilines is 1. The van der Waals surface area contributed by atoms with Crippen LogP contribution in [0.3, 0.4) is 0 Å². The summed E-state index contributed by atoms with van der Waals surface area (Å²) in [5.74, 6) is 0. The Balaban J connectivity index is 1.87. The van der Waals surface area contributed by atoms with Gasteiger partial charge in [-0.2, -0.15) is 24.0 Å². The van der Waals surface area contributed by atoms with Crippen LogP contribution in [0.2, 0.25) is 0 Å². The summed E-state index contributed by atoms with van der Waals surface area (Å²) in [5.41, 5.74) is 5.46. The van der Waals surface area contributed by atoms with Crippen molar-refractivity contribution in [3.05, 3.63) is 83.9 Å². The third kappa shape index (κ3) is 5.64. The zero-order chi connectivity index (χ0) is 22.3. The number of hydrogen-bond acceptors (Lipinski definition) is 6. The lowest BCUT2D eigenvalue weighted by Crippen LogP contribution is -2.03. The number of hydrazone groups is 1. The second-order valence-electron chi connectivity index (χ2n) is 6.34. The molecule has 8 heteroatoms. The highest BCUT2D eigenvalue weighted by atomic mass is 32.2. The molecule has 0 fully saturated rings. The van der Waals surface area contributed by atoms with E-state index < -0.39 is 15.8 Å². The predicted molar refractivity (Wildman–Crippen MR) is 119 cm³/mol. The molecular formula is C23H16N4O3S. The molecule has 3 aromatic carbocycles. The first-order valence-electron chi connectivity index (χ1n) is 9.00. The van der Waals surface area contributed by atoms with Crippen molar-refractivity contribution in [1.82, 2.24) is 0 Å². The van der Waals surface area contributed by atoms with Gasteiger partial charge in [0.1, 0.15) is 17.0 Å². The molecular weight excluding hydrogens is 412 g/mol. The molecule has 0 aliphatic heterocycles. The second-order valence-corrected chi connectivity index (χ2v) is 7.73. The van der Waals surface area contributed by atoms with Gasteiger partial charge in [-0.15, -0.1) is 0 Å². The van der Waals surface area contributed by atoms with Gasteiger partial charge >= 0.3 is 0 Å². The van der Waals surface area contributed by atoms with Gasteiger partial charge in [-0.05, 0) is 34.4 Å². The molecule has 3 rings (SSSR count). The molecule has 0 bridgehead atoms. The third-order valence-electron chi connectivity index (χ3n) is 4.27. The maximum atomic E-state index is 11.8. The van der Waals surface area contributed by atoms with E-state index >= 15 is 0 Å². The van der Waals surface area contributed by atoms with Gasteiger partial charge in [0.05, 0.1) is 5.69 Å². The topological polar surface area (TPSA) is 126 Å². The fraction of sp³-hybridized carbons (Fsp3) is 0. The molecule has 0 amide bonds. The van der Waals surface area contributed by atoms with Crippen molar-refractivity contribution in [2.45, 2.75) is 4.90 Å². The van der Waals surface area contributed by atoms with E-state index in [1.807, 2.05) is 54.6 Å². The highest BCUT2D eigenvalue weighted by molar-refractivity contribution is 7.86. The number of nitrogens with one attached hydrogen (secondary N) is 1. The predicted octanol–water partition coefficient (Wildman–Crippen LogP) is 4.59. The minimum Gasteiger partial charge on any atom is -0.282 e. The molecule has 152 valence electrons. The van der Waals surface area contributed by atoms with Crippen LogP contribution in [0.1, 0.15) is 11.1 Å². The van der Waals surface area contributed by atoms with Crippen LogP contribution < -0.4 is 5.43 Å². The highest BCUT2D eigenvalue weighted by Crippen LogP contribution is 2.24. The molecule has 0 saturated carbocycles. The van der Waals surface area contributed by atoms with E-state index in [2.05, 4.69) is 10.5 Å². The Morgan fingerprint density at radius 3 is 2.16 bits per heavy atom. The van der Waals surface area contributed by atoms with Gasteiger partial charge in [-0.3, -0.25) is 9.98 Å². The molecule has 3 aromatic rings. The quantitative estimate of drug-likeness (QED) is 0.256. The first kappa shape index (κ1) is 21.5. The molecule has 0 aliphatic rings. The Hall–Kier alpha value is -4.24. The molecule has 0 aromatic heterocycles. The summed E-state index contributed by atoms with van der Waals surface area (Å²) in [6, 6.07) is 25.0. The number of nitrogens with zero attached hydrogens (tertiary/aromatic N) is 3. The molecule has 2 N–H and O–H groups in total. The molecule has 0 unspecified atom stereocenters. The smallest absolute Gasteiger partial charge is 0.282 e. The first-order chi connectivity index (χ1) is 14.9. The molecule has 31 heavy (non-hydrogen) atoms. The summed E-state index contributed by atoms with van der Waals surface area (Å²) in [5, 5.41) is 21.0. The summed E-state index contributed by atoms with van der Waals surface area (Å²) in [6.07, 6.45) is 3.30. The molecule has 7 nitrogen and oxygen atoms in total. The Morgan fingerprint density at radius 2 is 1.55 bits per heavy atom. The van der Waals surface area contributed by atoms with Gasteiger partial charge < -0.3 is 0 Å². The van der Waals surface area contributed by atoms with Crippen molar-refractivity contribution in [3.8, 4) is 23.3 Å². The van der Waals surface area contributed by atoms with E-state index in [9.17, 15) is 13.0 Å². The van der Waals surface area contributed by atoms with Crippen molar-refractivity contribution in [2.75, 3.05) is 5.43 Å². The summed E-state index contributed by atoms with van der Waals surface area (Å²) in [7, 11) is -4.52. The minimum absolute atomic E-state index is 0.194. The van der Waals surface area contributed by atoms with E-state index in [0.29, 0.717) is 0 Å². The highest BCUT2D eigenvalue weighted by Gasteiger charge is 2.15. The van der Waals surface area contributed by atoms with Gasteiger partial charge in [-0.1, -0.05) is 72.8 Å². The first-order valence-corrected chi connectivity index (χ1v) is 10.4. The third-order valence-corrected chi connectivity index (χ3v) is 5.18. The van der Waals surface area contributed by atoms with Crippen molar-refractivity contribution >= 4 is 33.7 Å². The fourth-order valence-corrected chi connectivity index (χ4v) is 3.47. The lowest BCUT2D eigenvalue weighted by atomic mass is 10.0. The fourth-order valence-electron chi connectivity index (χ4n) is 2.76. The number of nitriles is 2. The maximum absolute atomic E-state index is 11.8. The van der Waals surface area contributed by atoms with Crippen LogP contribution in [-0.2, 0) is 10.1 Å². The standard InChI is InChI=1S/C23H16N4O3S/c24-15-22(16-25)27-26-21-13-12-20(23(14-21)31(28,29)30)11-8-17-6-9-19(10-7-17)18-4-2-1-3-5-18/h1-14,26H,(H,28,29,30). The zero-order valence-electron chi connectivity index (χ0n) is 16.1. The Labute approximate surface area is 180 Å². The van der Waals surface area contributed by atoms with E-state index in [4.69, 9.17) is 10.5 Å². The lowest BCUT2D eigenvalue weighted by molar-refractivity contribution is 0.483. The minimum atomic E-state index is -4.52. The van der Waals surface area contributed by atoms with E-state index in [-0.39, 0.29) is 16.1 Å². The van der Waals surface area contributed by atoms with Gasteiger partial charge in [0, 0.05) is 0 Å². The molecule has 0 saturated heterocycles. The summed E-state index contributed by atoms with van der Waals surface area (Å²) in [4.78, 5) is -0.333.